The molecule has 0 spiro atoms. The van der Waals surface area contributed by atoms with Gasteiger partial charge in [0.25, 0.3) is 0 Å². The number of rotatable bonds is 5. The number of allylic oxidation sites excluding steroid dienone is 2. The minimum atomic E-state index is -0.668. The molecule has 4 rings (SSSR count). The van der Waals surface area contributed by atoms with Gasteiger partial charge in [0.2, 0.25) is 0 Å². The van der Waals surface area contributed by atoms with E-state index in [4.69, 9.17) is 9.47 Å². The van der Waals surface area contributed by atoms with Crippen LogP contribution in [0.3, 0.4) is 0 Å². The highest BCUT2D eigenvalue weighted by molar-refractivity contribution is 6.01. The van der Waals surface area contributed by atoms with Crippen molar-refractivity contribution in [1.82, 2.24) is 5.32 Å². The van der Waals surface area contributed by atoms with Crippen molar-refractivity contribution in [2.45, 2.75) is 31.6 Å². The third-order valence-electron chi connectivity index (χ3n) is 6.12. The zero-order valence-corrected chi connectivity index (χ0v) is 17.9. The van der Waals surface area contributed by atoms with Crippen LogP contribution in [0.25, 0.3) is 0 Å². The summed E-state index contributed by atoms with van der Waals surface area (Å²) in [7, 11) is 1.36. The van der Waals surface area contributed by atoms with Crippen molar-refractivity contribution in [2.75, 3.05) is 13.7 Å². The van der Waals surface area contributed by atoms with Gasteiger partial charge in [-0.25, -0.2) is 0 Å². The van der Waals surface area contributed by atoms with Gasteiger partial charge in [-0.1, -0.05) is 49.0 Å². The summed E-state index contributed by atoms with van der Waals surface area (Å²) in [5.74, 6) is -0.593. The van der Waals surface area contributed by atoms with Crippen LogP contribution in [0.4, 0.5) is 0 Å². The number of ketones is 1. The molecule has 2 aliphatic rings. The second-order valence-electron chi connectivity index (χ2n) is 7.96. The second kappa shape index (κ2) is 8.80. The standard InChI is InChI=1S/C26H27NO4/c1-4-31-20-12-10-18(11-13-20)24-23(26(29)30-3)16(2)27-21-14-19(15-22(28)25(21)24)17-8-6-5-7-9-17/h5-13,19,23-24,27H,2,4,14-15H2,1,3H3. The third-order valence-corrected chi connectivity index (χ3v) is 6.12. The summed E-state index contributed by atoms with van der Waals surface area (Å²) in [6.45, 7) is 6.62. The van der Waals surface area contributed by atoms with Crippen LogP contribution >= 0.6 is 0 Å². The normalized spacial score (nSPS) is 23.1. The number of nitrogens with one attached hydrogen (secondary N) is 1. The monoisotopic (exact) mass is 417 g/mol. The SMILES string of the molecule is C=C1NC2=C(C(=O)CC(c3ccccc3)C2)C(c2ccc(OCC)cc2)C1C(=O)OC. The van der Waals surface area contributed by atoms with Crippen LogP contribution in [0.5, 0.6) is 5.75 Å². The van der Waals surface area contributed by atoms with Crippen LogP contribution in [0.15, 0.2) is 78.1 Å². The van der Waals surface area contributed by atoms with Crippen molar-refractivity contribution in [1.29, 1.82) is 0 Å². The number of Topliss-reactive ketones (excluding diaryl/α,β-unsaturated/α-hetero) is 1. The maximum absolute atomic E-state index is 13.4. The molecule has 3 atom stereocenters. The van der Waals surface area contributed by atoms with Crippen LogP contribution in [0.2, 0.25) is 0 Å². The van der Waals surface area contributed by atoms with Gasteiger partial charge in [0, 0.05) is 29.3 Å². The number of hydrogen-bond acceptors (Lipinski definition) is 5. The Labute approximate surface area is 182 Å². The van der Waals surface area contributed by atoms with Gasteiger partial charge in [-0.15, -0.1) is 0 Å². The van der Waals surface area contributed by atoms with E-state index in [0.29, 0.717) is 30.7 Å². The summed E-state index contributed by atoms with van der Waals surface area (Å²) in [4.78, 5) is 26.1. The molecule has 0 fully saturated rings. The maximum Gasteiger partial charge on any atom is 0.315 e. The van der Waals surface area contributed by atoms with E-state index in [-0.39, 0.29) is 11.7 Å². The molecule has 0 aromatic heterocycles. The predicted molar refractivity (Wildman–Crippen MR) is 119 cm³/mol. The largest absolute Gasteiger partial charge is 0.494 e. The lowest BCUT2D eigenvalue weighted by atomic mass is 9.69. The molecular formula is C26H27NO4. The van der Waals surface area contributed by atoms with Crippen molar-refractivity contribution < 1.29 is 19.1 Å². The maximum atomic E-state index is 13.4. The lowest BCUT2D eigenvalue weighted by Crippen LogP contribution is -2.42. The summed E-state index contributed by atoms with van der Waals surface area (Å²) in [5.41, 5.74) is 4.10. The first-order valence-electron chi connectivity index (χ1n) is 10.6. The van der Waals surface area contributed by atoms with E-state index >= 15 is 0 Å². The highest BCUT2D eigenvalue weighted by Crippen LogP contribution is 2.47. The Hall–Kier alpha value is -3.34. The number of benzene rings is 2. The Balaban J connectivity index is 1.77. The van der Waals surface area contributed by atoms with Gasteiger partial charge in [-0.05, 0) is 42.5 Å². The Morgan fingerprint density at radius 3 is 2.42 bits per heavy atom. The molecule has 31 heavy (non-hydrogen) atoms. The quantitative estimate of drug-likeness (QED) is 0.727. The zero-order valence-electron chi connectivity index (χ0n) is 17.9. The molecule has 1 heterocycles. The molecule has 1 N–H and O–H groups in total. The highest BCUT2D eigenvalue weighted by atomic mass is 16.5. The molecule has 0 saturated carbocycles. The fourth-order valence-electron chi connectivity index (χ4n) is 4.71. The molecule has 2 aromatic carbocycles. The first kappa shape index (κ1) is 20.9. The van der Waals surface area contributed by atoms with Crippen LogP contribution in [0, 0.1) is 5.92 Å². The number of carbonyl (C=O) groups is 2. The molecule has 0 saturated heterocycles. The minimum absolute atomic E-state index is 0.0582. The van der Waals surface area contributed by atoms with E-state index in [9.17, 15) is 9.59 Å². The molecule has 5 heteroatoms. The average Bonchev–Trinajstić information content (AvgIpc) is 2.79. The lowest BCUT2D eigenvalue weighted by molar-refractivity contribution is -0.144. The van der Waals surface area contributed by atoms with Gasteiger partial charge in [0.05, 0.1) is 13.7 Å². The molecule has 0 amide bonds. The van der Waals surface area contributed by atoms with Gasteiger partial charge in [-0.2, -0.15) is 0 Å². The first-order chi connectivity index (χ1) is 15.0. The van der Waals surface area contributed by atoms with Gasteiger partial charge < -0.3 is 14.8 Å². The van der Waals surface area contributed by atoms with Crippen molar-refractivity contribution in [2.24, 2.45) is 5.92 Å². The fourth-order valence-corrected chi connectivity index (χ4v) is 4.71. The number of methoxy groups -OCH3 is 1. The van der Waals surface area contributed by atoms with Gasteiger partial charge in [0.1, 0.15) is 11.7 Å². The summed E-state index contributed by atoms with van der Waals surface area (Å²) < 4.78 is 10.6. The Bertz CT molecular complexity index is 1020. The Kier molecular flexibility index (Phi) is 5.94. The number of carbonyl (C=O) groups excluding carboxylic acids is 2. The van der Waals surface area contributed by atoms with E-state index in [1.165, 1.54) is 7.11 Å². The molecule has 1 aliphatic carbocycles. The lowest BCUT2D eigenvalue weighted by Gasteiger charge is -2.40. The summed E-state index contributed by atoms with van der Waals surface area (Å²) in [6, 6.07) is 17.7. The predicted octanol–water partition coefficient (Wildman–Crippen LogP) is 4.48. The highest BCUT2D eigenvalue weighted by Gasteiger charge is 2.45. The molecule has 160 valence electrons. The van der Waals surface area contributed by atoms with Gasteiger partial charge >= 0.3 is 5.97 Å². The van der Waals surface area contributed by atoms with E-state index in [1.54, 1.807) is 0 Å². The van der Waals surface area contributed by atoms with Crippen LogP contribution in [0.1, 0.15) is 42.7 Å². The summed E-state index contributed by atoms with van der Waals surface area (Å²) >= 11 is 0. The molecule has 0 bridgehead atoms. The van der Waals surface area contributed by atoms with Crippen molar-refractivity contribution in [3.63, 3.8) is 0 Å². The topological polar surface area (TPSA) is 64.6 Å². The molecule has 0 radical (unpaired) electrons. The van der Waals surface area contributed by atoms with Crippen LogP contribution in [-0.4, -0.2) is 25.5 Å². The molecule has 1 aliphatic heterocycles. The molecular weight excluding hydrogens is 390 g/mol. The van der Waals surface area contributed by atoms with E-state index in [1.807, 2.05) is 49.4 Å². The minimum Gasteiger partial charge on any atom is -0.494 e. The molecule has 5 nitrogen and oxygen atoms in total. The van der Waals surface area contributed by atoms with Gasteiger partial charge in [-0.3, -0.25) is 9.59 Å². The molecule has 2 aromatic rings. The first-order valence-corrected chi connectivity index (χ1v) is 10.6. The van der Waals surface area contributed by atoms with E-state index in [0.717, 1.165) is 22.6 Å². The van der Waals surface area contributed by atoms with E-state index in [2.05, 4.69) is 24.0 Å². The van der Waals surface area contributed by atoms with Crippen molar-refractivity contribution in [3.8, 4) is 5.75 Å². The third kappa shape index (κ3) is 4.00. The number of hydrogen-bond donors (Lipinski definition) is 1. The summed E-state index contributed by atoms with van der Waals surface area (Å²) in [6.07, 6.45) is 1.12. The average molecular weight is 418 g/mol. The van der Waals surface area contributed by atoms with Crippen molar-refractivity contribution in [3.05, 3.63) is 89.3 Å². The van der Waals surface area contributed by atoms with Crippen LogP contribution in [-0.2, 0) is 14.3 Å². The van der Waals surface area contributed by atoms with Crippen LogP contribution < -0.4 is 10.1 Å². The van der Waals surface area contributed by atoms with Gasteiger partial charge in [0.15, 0.2) is 5.78 Å². The number of ether oxygens (including phenoxy) is 2. The Morgan fingerprint density at radius 2 is 1.77 bits per heavy atom. The smallest absolute Gasteiger partial charge is 0.315 e. The Morgan fingerprint density at radius 1 is 1.06 bits per heavy atom. The number of esters is 1. The van der Waals surface area contributed by atoms with Crippen molar-refractivity contribution >= 4 is 11.8 Å². The summed E-state index contributed by atoms with van der Waals surface area (Å²) in [5, 5.41) is 3.28. The zero-order chi connectivity index (χ0) is 22.0. The fraction of sp³-hybridized carbons (Fsp3) is 0.308. The molecule has 3 unspecified atom stereocenters. The van der Waals surface area contributed by atoms with E-state index < -0.39 is 17.8 Å². The second-order valence-corrected chi connectivity index (χ2v) is 7.96.